The summed E-state index contributed by atoms with van der Waals surface area (Å²) in [4.78, 5) is 58.0. The number of halogens is 2. The average molecular weight is 1310 g/mol. The molecule has 3 heterocycles. The Kier molecular flexibility index (Phi) is 29.9. The van der Waals surface area contributed by atoms with E-state index in [1.165, 1.54) is 24.3 Å². The first kappa shape index (κ1) is 74.5. The number of allylic oxidation sites excluding steroid dienone is 1. The summed E-state index contributed by atoms with van der Waals surface area (Å²) < 4.78 is 42.3. The number of carbonyl (C=O) groups excluding carboxylic acids is 2. The average Bonchev–Trinajstić information content (AvgIpc) is 1.69. The maximum Gasteiger partial charge on any atom is 1.00 e. The van der Waals surface area contributed by atoms with E-state index in [2.05, 4.69) is 30.4 Å². The number of hydrogen-bond acceptors (Lipinski definition) is 15. The smallest absolute Gasteiger partial charge is 0.870 e. The molecule has 0 saturated heterocycles. The number of nitrogens with zero attached hydrogens (tertiary/aromatic N) is 5. The van der Waals surface area contributed by atoms with E-state index in [-0.39, 0.29) is 103 Å². The number of Topliss-reactive ketones (excluding diaryl/α,β-unsaturated/α-hetero) is 1. The normalized spacial score (nSPS) is 12.0. The van der Waals surface area contributed by atoms with Crippen molar-refractivity contribution in [2.45, 2.75) is 70.3 Å². The third kappa shape index (κ3) is 23.2. The van der Waals surface area contributed by atoms with E-state index in [1.54, 1.807) is 37.4 Å². The molecular formula is C74H71F2N8NaO11. The monoisotopic (exact) mass is 1310 g/mol. The van der Waals surface area contributed by atoms with E-state index in [4.69, 9.17) is 40.7 Å². The van der Waals surface area contributed by atoms with Crippen molar-refractivity contribution in [2.24, 2.45) is 22.5 Å². The number of carboxylic acid groups (broad SMARTS) is 2. The van der Waals surface area contributed by atoms with Crippen LogP contribution in [0.2, 0.25) is 0 Å². The zero-order valence-electron chi connectivity index (χ0n) is 52.8. The van der Waals surface area contributed by atoms with Crippen LogP contribution in [0.1, 0.15) is 88.9 Å². The number of rotatable bonds is 21. The van der Waals surface area contributed by atoms with Crippen molar-refractivity contribution in [3.63, 3.8) is 0 Å². The molecule has 0 aliphatic heterocycles. The number of ether oxygens (including phenoxy) is 1. The van der Waals surface area contributed by atoms with Crippen LogP contribution in [-0.4, -0.2) is 82.3 Å². The number of nitrogens with two attached hydrogens (primary N) is 2. The third-order valence-corrected chi connectivity index (χ3v) is 14.7. The number of hydrogen-bond donors (Lipinski definition) is 6. The molecule has 488 valence electrons. The van der Waals surface area contributed by atoms with Gasteiger partial charge in [0.25, 0.3) is 0 Å². The van der Waals surface area contributed by atoms with Crippen LogP contribution in [0.25, 0.3) is 39.3 Å². The third-order valence-electron chi connectivity index (χ3n) is 14.7. The van der Waals surface area contributed by atoms with Crippen molar-refractivity contribution >= 4 is 46.0 Å². The van der Waals surface area contributed by atoms with E-state index in [0.717, 1.165) is 61.0 Å². The van der Waals surface area contributed by atoms with Gasteiger partial charge in [-0.05, 0) is 102 Å². The Morgan fingerprint density at radius 1 is 0.635 bits per heavy atom. The standard InChI is InChI=1S/C27H22FN3O2.C16H15N3O.C13H16O4.C11H9FO2.C7H8N2O.Na.H2O/c28-22-11-12-25-24(16-22)21(17-29-25)15-23(32)14-20(13-18-7-3-1-4-8-18)27-30-26(31-33-27)19-9-5-2-6-10-19;17-14(11-12-7-3-1-4-8-12)16-18-15(19-20-16)13-9-5-2-6-10-13;1-2-17-12(14)9-11(13(15)16)8-10-6-4-3-5-7-10;12-9-4-3-7-1-2-8(5-11(13)14)10(7)6-9;8-7(9-10)6-4-2-1-3-5-6;;/h1-12,16-17,20,29H,13-15H2;1-10,14H,11,17H2;3-7,11H,2,8-9H2,1H3,(H,15,16);2-4,6H,1,5H2,(H,13,14);1-5,10H,(H2,8,9);;1H2/q;;;;;+1;/p-1/t20-;14-;11-;;;;/m101..../s1. The van der Waals surface area contributed by atoms with Gasteiger partial charge < -0.3 is 51.1 Å². The topological polar surface area (TPSA) is 326 Å². The summed E-state index contributed by atoms with van der Waals surface area (Å²) in [6, 6.07) is 66.4. The van der Waals surface area contributed by atoms with Crippen LogP contribution < -0.4 is 41.0 Å². The molecule has 22 heteroatoms. The summed E-state index contributed by atoms with van der Waals surface area (Å²) in [5, 5.41) is 37.6. The fraction of sp³-hybridized carbons (Fsp3) is 0.176. The van der Waals surface area contributed by atoms with Crippen molar-refractivity contribution in [1.29, 1.82) is 0 Å². The second kappa shape index (κ2) is 38.6. The largest absolute Gasteiger partial charge is 1.00 e. The van der Waals surface area contributed by atoms with Crippen LogP contribution >= 0.6 is 0 Å². The van der Waals surface area contributed by atoms with Crippen molar-refractivity contribution in [2.75, 3.05) is 6.61 Å². The van der Waals surface area contributed by atoms with Crippen molar-refractivity contribution < 1.29 is 92.2 Å². The van der Waals surface area contributed by atoms with E-state index >= 15 is 0 Å². The van der Waals surface area contributed by atoms with Gasteiger partial charge in [-0.1, -0.05) is 210 Å². The minimum atomic E-state index is -0.970. The summed E-state index contributed by atoms with van der Waals surface area (Å²) in [6.45, 7) is 1.97. The molecule has 1 aliphatic rings. The zero-order chi connectivity index (χ0) is 66.6. The number of esters is 1. The molecule has 0 unspecified atom stereocenters. The minimum absolute atomic E-state index is 0. The van der Waals surface area contributed by atoms with Crippen LogP contribution in [0.4, 0.5) is 8.78 Å². The molecule has 12 rings (SSSR count). The van der Waals surface area contributed by atoms with Crippen molar-refractivity contribution in [3.8, 4) is 22.8 Å². The number of benzene rings is 8. The Balaban J connectivity index is 0.000000201. The second-order valence-corrected chi connectivity index (χ2v) is 21.6. The first-order valence-corrected chi connectivity index (χ1v) is 30.2. The van der Waals surface area contributed by atoms with Gasteiger partial charge >= 0.3 is 47.5 Å². The number of aromatic amines is 1. The molecule has 8 aromatic carbocycles. The molecule has 0 amide bonds. The van der Waals surface area contributed by atoms with Crippen molar-refractivity contribution in [1.82, 2.24) is 25.3 Å². The van der Waals surface area contributed by atoms with Crippen LogP contribution in [0.5, 0.6) is 0 Å². The number of ketones is 1. The number of fused-ring (bicyclic) bond motifs is 2. The first-order valence-electron chi connectivity index (χ1n) is 30.2. The Morgan fingerprint density at radius 3 is 1.68 bits per heavy atom. The Morgan fingerprint density at radius 2 is 1.14 bits per heavy atom. The van der Waals surface area contributed by atoms with Crippen molar-refractivity contribution in [3.05, 3.63) is 293 Å². The number of amidine groups is 1. The molecule has 3 atom stereocenters. The number of carbonyl (C=O) groups is 4. The predicted molar refractivity (Wildman–Crippen MR) is 355 cm³/mol. The maximum absolute atomic E-state index is 13.7. The molecule has 96 heavy (non-hydrogen) atoms. The van der Waals surface area contributed by atoms with Gasteiger partial charge in [0.05, 0.1) is 31.4 Å². The molecule has 0 bridgehead atoms. The number of aliphatic carboxylic acids is 2. The molecule has 0 fully saturated rings. The van der Waals surface area contributed by atoms with Gasteiger partial charge in [-0.15, -0.1) is 0 Å². The number of H-pyrrole nitrogens is 1. The SMILES string of the molecule is CCOC(=O)C[C@@H](Cc1ccccc1)C(=O)O.N/C(=N\O)c1ccccc1.N[C@@H](Cc1ccccc1)c1nc(-c2ccccc2)no1.O=C(Cc1c[nH]c2ccc(F)cc12)C[C@@H](Cc1ccccc1)c1nc(-c2ccccc2)no1.O=C(O)CC1=CCc2ccc(F)cc21.[Na+].[OH-]. The Bertz CT molecular complexity index is 4260. The second-order valence-electron chi connectivity index (χ2n) is 21.6. The molecule has 11 aromatic rings. The molecule has 3 aromatic heterocycles. The number of oxime groups is 1. The molecule has 9 N–H and O–H groups in total. The fourth-order valence-corrected chi connectivity index (χ4v) is 10.1. The summed E-state index contributed by atoms with van der Waals surface area (Å²) >= 11 is 0. The maximum atomic E-state index is 13.7. The number of aromatic nitrogens is 5. The predicted octanol–water partition coefficient (Wildman–Crippen LogP) is 10.6. The molecule has 0 spiro atoms. The van der Waals surface area contributed by atoms with Gasteiger partial charge in [0.2, 0.25) is 23.4 Å². The first-order chi connectivity index (χ1) is 45.6. The summed E-state index contributed by atoms with van der Waals surface area (Å²) in [5.74, 6) is -1.79. The Hall–Kier alpha value is -10.6. The van der Waals surface area contributed by atoms with Crippen LogP contribution in [-0.2, 0) is 56.0 Å². The fourth-order valence-electron chi connectivity index (χ4n) is 10.1. The van der Waals surface area contributed by atoms with Gasteiger partial charge in [-0.25, -0.2) is 8.78 Å². The van der Waals surface area contributed by atoms with Gasteiger partial charge in [-0.2, -0.15) is 9.97 Å². The summed E-state index contributed by atoms with van der Waals surface area (Å²) in [5.41, 5.74) is 21.1. The van der Waals surface area contributed by atoms with E-state index in [9.17, 15) is 28.0 Å². The minimum Gasteiger partial charge on any atom is -0.870 e. The van der Waals surface area contributed by atoms with Gasteiger partial charge in [-0.3, -0.25) is 19.2 Å². The van der Waals surface area contributed by atoms with Gasteiger partial charge in [0.1, 0.15) is 17.4 Å². The summed E-state index contributed by atoms with van der Waals surface area (Å²) in [7, 11) is 0. The molecule has 0 saturated carbocycles. The van der Waals surface area contributed by atoms with E-state index in [0.29, 0.717) is 54.7 Å². The molecular weight excluding hydrogens is 1240 g/mol. The van der Waals surface area contributed by atoms with Gasteiger partial charge in [0, 0.05) is 52.5 Å². The summed E-state index contributed by atoms with van der Waals surface area (Å²) in [6.07, 6.45) is 6.28. The zero-order valence-corrected chi connectivity index (χ0v) is 54.8. The molecule has 0 radical (unpaired) electrons. The van der Waals surface area contributed by atoms with Gasteiger partial charge in [0.15, 0.2) is 5.84 Å². The number of carboxylic acids is 2. The molecule has 1 aliphatic carbocycles. The Labute approximate surface area is 575 Å². The van der Waals surface area contributed by atoms with E-state index < -0.39 is 23.8 Å². The van der Waals surface area contributed by atoms with Crippen LogP contribution in [0.15, 0.2) is 245 Å². The number of nitrogens with one attached hydrogen (secondary N) is 1. The van der Waals surface area contributed by atoms with Crippen LogP contribution in [0, 0.1) is 17.6 Å². The molecule has 19 nitrogen and oxygen atoms in total. The van der Waals surface area contributed by atoms with Crippen LogP contribution in [0.3, 0.4) is 0 Å². The quantitative estimate of drug-likeness (QED) is 0.00972. The van der Waals surface area contributed by atoms with E-state index in [1.807, 2.05) is 176 Å².